The Bertz CT molecular complexity index is 1050. The highest BCUT2D eigenvalue weighted by Crippen LogP contribution is 2.14. The maximum Gasteiger partial charge on any atom is 0.306 e. The van der Waals surface area contributed by atoms with Gasteiger partial charge in [0.25, 0.3) is 0 Å². The lowest BCUT2D eigenvalue weighted by Crippen LogP contribution is -2.30. The Morgan fingerprint density at radius 3 is 1.12 bits per heavy atom. The van der Waals surface area contributed by atoms with Crippen LogP contribution in [0.4, 0.5) is 0 Å². The van der Waals surface area contributed by atoms with Crippen LogP contribution in [0.5, 0.6) is 0 Å². The van der Waals surface area contributed by atoms with Crippen LogP contribution in [0.2, 0.25) is 0 Å². The summed E-state index contributed by atoms with van der Waals surface area (Å²) in [4.78, 5) is 37.8. The monoisotopic (exact) mass is 797 g/mol. The molecule has 6 nitrogen and oxygen atoms in total. The molecule has 0 fully saturated rings. The Morgan fingerprint density at radius 1 is 0.368 bits per heavy atom. The second kappa shape index (κ2) is 45.8. The number of unbranched alkanes of at least 4 members (excludes halogenated alkanes) is 21. The highest BCUT2D eigenvalue weighted by atomic mass is 16.6. The zero-order valence-electron chi connectivity index (χ0n) is 37.3. The van der Waals surface area contributed by atoms with E-state index in [-0.39, 0.29) is 31.1 Å². The molecule has 57 heavy (non-hydrogen) atoms. The van der Waals surface area contributed by atoms with Crippen LogP contribution in [-0.4, -0.2) is 37.2 Å². The summed E-state index contributed by atoms with van der Waals surface area (Å²) >= 11 is 0. The summed E-state index contributed by atoms with van der Waals surface area (Å²) in [5, 5.41) is 0. The molecule has 1 atom stereocenters. The van der Waals surface area contributed by atoms with Gasteiger partial charge in [0.05, 0.1) is 0 Å². The molecule has 328 valence electrons. The molecule has 0 heterocycles. The van der Waals surface area contributed by atoms with Crippen molar-refractivity contribution in [2.45, 2.75) is 232 Å². The van der Waals surface area contributed by atoms with Gasteiger partial charge in [0.1, 0.15) is 13.2 Å². The van der Waals surface area contributed by atoms with E-state index in [1.54, 1.807) is 0 Å². The Balaban J connectivity index is 4.45. The molecule has 0 saturated carbocycles. The van der Waals surface area contributed by atoms with E-state index in [1.807, 2.05) is 0 Å². The van der Waals surface area contributed by atoms with Crippen LogP contribution in [0, 0.1) is 0 Å². The predicted octanol–water partition coefficient (Wildman–Crippen LogP) is 15.3. The molecule has 0 rings (SSSR count). The van der Waals surface area contributed by atoms with E-state index in [9.17, 15) is 14.4 Å². The number of rotatable bonds is 42. The molecule has 6 heteroatoms. The average Bonchev–Trinajstić information content (AvgIpc) is 3.21. The predicted molar refractivity (Wildman–Crippen MR) is 242 cm³/mol. The first-order valence-electron chi connectivity index (χ1n) is 23.8. The van der Waals surface area contributed by atoms with Gasteiger partial charge in [-0.1, -0.05) is 184 Å². The van der Waals surface area contributed by atoms with Gasteiger partial charge in [-0.05, 0) is 83.5 Å². The maximum atomic E-state index is 12.7. The average molecular weight is 797 g/mol. The number of allylic oxidation sites excluding steroid dienone is 10. The van der Waals surface area contributed by atoms with Crippen LogP contribution in [-0.2, 0) is 28.6 Å². The number of ether oxygens (including phenoxy) is 3. The molecule has 0 aromatic heterocycles. The van der Waals surface area contributed by atoms with Gasteiger partial charge < -0.3 is 14.2 Å². The SMILES string of the molecule is CC/C=C\C/C=C\C/C=C\C/C=C\CCCCC(=O)OCC(COC(=O)CCCCCCCCCCCC)OC(=O)CCCCCCC/C=C\CCCCCCC. The summed E-state index contributed by atoms with van der Waals surface area (Å²) in [6, 6.07) is 0. The van der Waals surface area contributed by atoms with Crippen molar-refractivity contribution in [3.05, 3.63) is 60.8 Å². The summed E-state index contributed by atoms with van der Waals surface area (Å²) in [6.07, 6.45) is 54.9. The Labute approximate surface area is 351 Å². The molecule has 0 aliphatic heterocycles. The van der Waals surface area contributed by atoms with Crippen molar-refractivity contribution >= 4 is 17.9 Å². The number of carbonyl (C=O) groups is 3. The lowest BCUT2D eigenvalue weighted by atomic mass is 10.1. The molecule has 0 aromatic rings. The highest BCUT2D eigenvalue weighted by molar-refractivity contribution is 5.71. The van der Waals surface area contributed by atoms with E-state index in [0.717, 1.165) is 96.3 Å². The third-order valence-electron chi connectivity index (χ3n) is 10.0. The number of carbonyl (C=O) groups excluding carboxylic acids is 3. The summed E-state index contributed by atoms with van der Waals surface area (Å²) in [5.41, 5.74) is 0. The van der Waals surface area contributed by atoms with Crippen LogP contribution >= 0.6 is 0 Å². The third-order valence-corrected chi connectivity index (χ3v) is 10.0. The highest BCUT2D eigenvalue weighted by Gasteiger charge is 2.19. The summed E-state index contributed by atoms with van der Waals surface area (Å²) in [6.45, 7) is 6.45. The van der Waals surface area contributed by atoms with Gasteiger partial charge >= 0.3 is 17.9 Å². The first kappa shape index (κ1) is 54.1. The molecule has 0 aliphatic carbocycles. The minimum absolute atomic E-state index is 0.0896. The number of esters is 3. The van der Waals surface area contributed by atoms with Crippen LogP contribution in [0.1, 0.15) is 226 Å². The number of hydrogen-bond donors (Lipinski definition) is 0. The summed E-state index contributed by atoms with van der Waals surface area (Å²) < 4.78 is 16.7. The second-order valence-electron chi connectivity index (χ2n) is 15.6. The van der Waals surface area contributed by atoms with Crippen molar-refractivity contribution in [3.63, 3.8) is 0 Å². The molecule has 0 radical (unpaired) electrons. The second-order valence-corrected chi connectivity index (χ2v) is 15.6. The molecule has 0 amide bonds. The molecular weight excluding hydrogens is 709 g/mol. The Kier molecular flexibility index (Phi) is 43.5. The van der Waals surface area contributed by atoms with Gasteiger partial charge in [-0.2, -0.15) is 0 Å². The molecule has 0 N–H and O–H groups in total. The first-order chi connectivity index (χ1) is 28.0. The van der Waals surface area contributed by atoms with Crippen LogP contribution < -0.4 is 0 Å². The van der Waals surface area contributed by atoms with Crippen LogP contribution in [0.15, 0.2) is 60.8 Å². The molecule has 0 saturated heterocycles. The topological polar surface area (TPSA) is 78.9 Å². The van der Waals surface area contributed by atoms with Gasteiger partial charge in [0.15, 0.2) is 6.10 Å². The van der Waals surface area contributed by atoms with Gasteiger partial charge in [0.2, 0.25) is 0 Å². The van der Waals surface area contributed by atoms with E-state index in [4.69, 9.17) is 14.2 Å². The number of hydrogen-bond acceptors (Lipinski definition) is 6. The van der Waals surface area contributed by atoms with Crippen molar-refractivity contribution in [2.75, 3.05) is 13.2 Å². The zero-order valence-corrected chi connectivity index (χ0v) is 37.3. The summed E-state index contributed by atoms with van der Waals surface area (Å²) in [7, 11) is 0. The zero-order chi connectivity index (χ0) is 41.5. The molecule has 0 spiro atoms. The normalized spacial score (nSPS) is 12.5. The van der Waals surface area contributed by atoms with Gasteiger partial charge in [-0.15, -0.1) is 0 Å². The van der Waals surface area contributed by atoms with Gasteiger partial charge in [-0.3, -0.25) is 14.4 Å². The van der Waals surface area contributed by atoms with Crippen molar-refractivity contribution in [1.29, 1.82) is 0 Å². The van der Waals surface area contributed by atoms with Crippen LogP contribution in [0.3, 0.4) is 0 Å². The third kappa shape index (κ3) is 44.1. The van der Waals surface area contributed by atoms with E-state index < -0.39 is 6.10 Å². The fourth-order valence-corrected chi connectivity index (χ4v) is 6.43. The fraction of sp³-hybridized carbons (Fsp3) is 0.745. The molecular formula is C51H88O6. The van der Waals surface area contributed by atoms with Crippen molar-refractivity contribution in [2.24, 2.45) is 0 Å². The van der Waals surface area contributed by atoms with Gasteiger partial charge in [-0.25, -0.2) is 0 Å². The molecule has 1 unspecified atom stereocenters. The quantitative estimate of drug-likeness (QED) is 0.0265. The summed E-state index contributed by atoms with van der Waals surface area (Å²) in [5.74, 6) is -0.944. The maximum absolute atomic E-state index is 12.7. The molecule has 0 aliphatic rings. The van der Waals surface area contributed by atoms with E-state index in [2.05, 4.69) is 81.5 Å². The minimum Gasteiger partial charge on any atom is -0.462 e. The largest absolute Gasteiger partial charge is 0.462 e. The van der Waals surface area contributed by atoms with E-state index in [0.29, 0.717) is 19.3 Å². The first-order valence-corrected chi connectivity index (χ1v) is 23.8. The fourth-order valence-electron chi connectivity index (χ4n) is 6.43. The standard InChI is InChI=1S/C51H88O6/c1-4-7-10-13-16-19-22-24-26-28-29-32-35-38-41-44-50(53)56-47-48(46-55-49(52)43-40-37-34-31-21-18-15-12-9-6-3)57-51(54)45-42-39-36-33-30-27-25-23-20-17-14-11-8-5-2/h7,10,16,19,23-26,29,32,48H,4-6,8-9,11-15,17-18,20-22,27-28,30-31,33-47H2,1-3H3/b10-7-,19-16-,25-23-,26-24-,32-29-. The Morgan fingerprint density at radius 2 is 0.684 bits per heavy atom. The van der Waals surface area contributed by atoms with Crippen molar-refractivity contribution in [1.82, 2.24) is 0 Å². The van der Waals surface area contributed by atoms with Gasteiger partial charge in [0, 0.05) is 19.3 Å². The molecule has 0 bridgehead atoms. The van der Waals surface area contributed by atoms with Crippen molar-refractivity contribution < 1.29 is 28.6 Å². The Hall–Kier alpha value is -2.89. The minimum atomic E-state index is -0.791. The lowest BCUT2D eigenvalue weighted by Gasteiger charge is -2.18. The lowest BCUT2D eigenvalue weighted by molar-refractivity contribution is -0.167. The van der Waals surface area contributed by atoms with E-state index >= 15 is 0 Å². The van der Waals surface area contributed by atoms with E-state index in [1.165, 1.54) is 89.9 Å². The van der Waals surface area contributed by atoms with Crippen LogP contribution in [0.25, 0.3) is 0 Å². The molecule has 0 aromatic carbocycles. The smallest absolute Gasteiger partial charge is 0.306 e. The van der Waals surface area contributed by atoms with Crippen molar-refractivity contribution in [3.8, 4) is 0 Å².